The van der Waals surface area contributed by atoms with Crippen molar-refractivity contribution >= 4 is 56.5 Å². The summed E-state index contributed by atoms with van der Waals surface area (Å²) in [6.07, 6.45) is 1.69. The second kappa shape index (κ2) is 9.04. The molecule has 2 aromatic carbocycles. The van der Waals surface area contributed by atoms with E-state index in [0.717, 1.165) is 21.5 Å². The molecule has 0 fully saturated rings. The molecule has 0 aliphatic carbocycles. The fourth-order valence-electron chi connectivity index (χ4n) is 2.94. The Morgan fingerprint density at radius 3 is 2.60 bits per heavy atom. The number of fused-ring (bicyclic) bond motifs is 1. The van der Waals surface area contributed by atoms with Gasteiger partial charge in [0.05, 0.1) is 16.4 Å². The minimum Gasteiger partial charge on any atom is -0.368 e. The summed E-state index contributed by atoms with van der Waals surface area (Å²) in [6.45, 7) is 0.924. The molecule has 6 nitrogen and oxygen atoms in total. The summed E-state index contributed by atoms with van der Waals surface area (Å²) in [6, 6.07) is 16.2. The van der Waals surface area contributed by atoms with Crippen LogP contribution in [0, 0.1) is 0 Å². The van der Waals surface area contributed by atoms with Crippen molar-refractivity contribution in [2.45, 2.75) is 0 Å². The number of carbonyl (C=O) groups is 1. The highest BCUT2D eigenvalue weighted by molar-refractivity contribution is 9.10. The molecule has 9 heteroatoms. The highest BCUT2D eigenvalue weighted by Gasteiger charge is 2.13. The number of halogens is 3. The van der Waals surface area contributed by atoms with E-state index in [9.17, 15) is 4.79 Å². The average Bonchev–Trinajstić information content (AvgIpc) is 3.12. The van der Waals surface area contributed by atoms with Crippen LogP contribution < -0.4 is 10.6 Å². The van der Waals surface area contributed by atoms with E-state index in [2.05, 4.69) is 36.6 Å². The second-order valence-corrected chi connectivity index (χ2v) is 8.12. The minimum atomic E-state index is -0.160. The molecule has 0 saturated carbocycles. The quantitative estimate of drug-likeness (QED) is 0.349. The first-order chi connectivity index (χ1) is 14.5. The first-order valence-corrected chi connectivity index (χ1v) is 10.6. The van der Waals surface area contributed by atoms with Crippen LogP contribution in [-0.4, -0.2) is 33.6 Å². The molecule has 2 heterocycles. The fourth-order valence-corrected chi connectivity index (χ4v) is 3.65. The second-order valence-electron chi connectivity index (χ2n) is 6.42. The van der Waals surface area contributed by atoms with Gasteiger partial charge in [-0.2, -0.15) is 9.61 Å². The number of nitrogens with one attached hydrogen (secondary N) is 2. The van der Waals surface area contributed by atoms with Crippen molar-refractivity contribution in [3.8, 4) is 11.3 Å². The normalized spacial score (nSPS) is 10.9. The molecule has 0 aliphatic rings. The van der Waals surface area contributed by atoms with Crippen molar-refractivity contribution in [3.63, 3.8) is 0 Å². The lowest BCUT2D eigenvalue weighted by Crippen LogP contribution is -2.29. The molecule has 0 unspecified atom stereocenters. The van der Waals surface area contributed by atoms with Gasteiger partial charge in [0.15, 0.2) is 5.65 Å². The highest BCUT2D eigenvalue weighted by Crippen LogP contribution is 2.30. The van der Waals surface area contributed by atoms with Gasteiger partial charge in [0, 0.05) is 40.3 Å². The highest BCUT2D eigenvalue weighted by atomic mass is 79.9. The maximum Gasteiger partial charge on any atom is 0.251 e. The van der Waals surface area contributed by atoms with Crippen LogP contribution in [0.15, 0.2) is 65.3 Å². The van der Waals surface area contributed by atoms with Gasteiger partial charge in [0.2, 0.25) is 0 Å². The molecule has 2 aromatic heterocycles. The van der Waals surface area contributed by atoms with E-state index >= 15 is 0 Å². The van der Waals surface area contributed by atoms with E-state index < -0.39 is 0 Å². The summed E-state index contributed by atoms with van der Waals surface area (Å²) in [7, 11) is 0. The molecule has 0 radical (unpaired) electrons. The van der Waals surface area contributed by atoms with E-state index in [0.29, 0.717) is 34.3 Å². The smallest absolute Gasteiger partial charge is 0.251 e. The number of hydrogen-bond donors (Lipinski definition) is 2. The van der Waals surface area contributed by atoms with E-state index in [1.54, 1.807) is 35.0 Å². The zero-order chi connectivity index (χ0) is 21.1. The van der Waals surface area contributed by atoms with Gasteiger partial charge >= 0.3 is 0 Å². The van der Waals surface area contributed by atoms with Crippen molar-refractivity contribution in [3.05, 3.63) is 80.9 Å². The average molecular weight is 505 g/mol. The maximum absolute atomic E-state index is 12.2. The SMILES string of the molecule is O=C(NCCNc1cc(-c2ccccc2Cl)nc2c(Br)cnn12)c1ccc(Cl)cc1. The van der Waals surface area contributed by atoms with Crippen LogP contribution in [0.5, 0.6) is 0 Å². The van der Waals surface area contributed by atoms with Crippen LogP contribution in [0.1, 0.15) is 10.4 Å². The van der Waals surface area contributed by atoms with Crippen LogP contribution in [0.3, 0.4) is 0 Å². The van der Waals surface area contributed by atoms with Crippen molar-refractivity contribution in [1.82, 2.24) is 19.9 Å². The lowest BCUT2D eigenvalue weighted by atomic mass is 10.1. The molecule has 0 atom stereocenters. The molecule has 4 aromatic rings. The zero-order valence-corrected chi connectivity index (χ0v) is 18.7. The summed E-state index contributed by atoms with van der Waals surface area (Å²) in [5, 5.41) is 11.8. The number of carbonyl (C=O) groups excluding carboxylic acids is 1. The van der Waals surface area contributed by atoms with Gasteiger partial charge in [-0.1, -0.05) is 41.4 Å². The molecule has 2 N–H and O–H groups in total. The zero-order valence-electron chi connectivity index (χ0n) is 15.6. The van der Waals surface area contributed by atoms with Gasteiger partial charge in [0.25, 0.3) is 5.91 Å². The predicted octanol–water partition coefficient (Wildman–Crippen LogP) is 5.31. The Bertz CT molecular complexity index is 1210. The Labute approximate surface area is 191 Å². The Hall–Kier alpha value is -2.61. The molecule has 0 spiro atoms. The van der Waals surface area contributed by atoms with Gasteiger partial charge in [-0.15, -0.1) is 0 Å². The molecular formula is C21H16BrCl2N5O. The summed E-state index contributed by atoms with van der Waals surface area (Å²) in [4.78, 5) is 16.9. The summed E-state index contributed by atoms with van der Waals surface area (Å²) >= 11 is 15.7. The maximum atomic E-state index is 12.2. The number of benzene rings is 2. The first kappa shape index (κ1) is 20.7. The van der Waals surface area contributed by atoms with Crippen molar-refractivity contribution in [2.24, 2.45) is 0 Å². The van der Waals surface area contributed by atoms with Gasteiger partial charge in [0.1, 0.15) is 5.82 Å². The predicted molar refractivity (Wildman–Crippen MR) is 123 cm³/mol. The molecular weight excluding hydrogens is 489 g/mol. The Morgan fingerprint density at radius 1 is 1.07 bits per heavy atom. The molecule has 152 valence electrons. The third-order valence-corrected chi connectivity index (χ3v) is 5.54. The topological polar surface area (TPSA) is 71.3 Å². The van der Waals surface area contributed by atoms with Crippen LogP contribution >= 0.6 is 39.1 Å². The standard InChI is InChI=1S/C21H16BrCl2N5O/c22-16-12-27-29-19(11-18(28-20(16)29)15-3-1-2-4-17(15)24)25-9-10-26-21(30)13-5-7-14(23)8-6-13/h1-8,11-12,25H,9-10H2,(H,26,30). The molecule has 30 heavy (non-hydrogen) atoms. The Kier molecular flexibility index (Phi) is 6.22. The van der Waals surface area contributed by atoms with Gasteiger partial charge in [-0.25, -0.2) is 4.98 Å². The van der Waals surface area contributed by atoms with E-state index in [1.165, 1.54) is 0 Å². The molecule has 4 rings (SSSR count). The number of rotatable bonds is 6. The number of aromatic nitrogens is 3. The van der Waals surface area contributed by atoms with Crippen molar-refractivity contribution in [2.75, 3.05) is 18.4 Å². The van der Waals surface area contributed by atoms with E-state index in [-0.39, 0.29) is 5.91 Å². The molecule has 0 aliphatic heterocycles. The van der Waals surface area contributed by atoms with Crippen LogP contribution in [0.2, 0.25) is 10.0 Å². The largest absolute Gasteiger partial charge is 0.368 e. The van der Waals surface area contributed by atoms with Crippen LogP contribution in [0.25, 0.3) is 16.9 Å². The van der Waals surface area contributed by atoms with E-state index in [1.807, 2.05) is 30.3 Å². The van der Waals surface area contributed by atoms with Gasteiger partial charge in [-0.3, -0.25) is 4.79 Å². The molecule has 0 bridgehead atoms. The lowest BCUT2D eigenvalue weighted by Gasteiger charge is -2.12. The van der Waals surface area contributed by atoms with Gasteiger partial charge < -0.3 is 10.6 Å². The van der Waals surface area contributed by atoms with Crippen molar-refractivity contribution < 1.29 is 4.79 Å². The van der Waals surface area contributed by atoms with Gasteiger partial charge in [-0.05, 0) is 46.3 Å². The first-order valence-electron chi connectivity index (χ1n) is 9.10. The summed E-state index contributed by atoms with van der Waals surface area (Å²) < 4.78 is 2.47. The van der Waals surface area contributed by atoms with E-state index in [4.69, 9.17) is 23.2 Å². The summed E-state index contributed by atoms with van der Waals surface area (Å²) in [5.74, 6) is 0.577. The third kappa shape index (κ3) is 4.43. The fraction of sp³-hybridized carbons (Fsp3) is 0.0952. The minimum absolute atomic E-state index is 0.160. The molecule has 1 amide bonds. The third-order valence-electron chi connectivity index (χ3n) is 4.40. The van der Waals surface area contributed by atoms with Crippen LogP contribution in [0.4, 0.5) is 5.82 Å². The number of hydrogen-bond acceptors (Lipinski definition) is 4. The van der Waals surface area contributed by atoms with Crippen LogP contribution in [-0.2, 0) is 0 Å². The number of amides is 1. The number of nitrogens with zero attached hydrogens (tertiary/aromatic N) is 3. The number of anilines is 1. The summed E-state index contributed by atoms with van der Waals surface area (Å²) in [5.41, 5.74) is 2.78. The Balaban J connectivity index is 1.50. The monoisotopic (exact) mass is 503 g/mol. The molecule has 0 saturated heterocycles. The van der Waals surface area contributed by atoms with Crippen molar-refractivity contribution in [1.29, 1.82) is 0 Å². The Morgan fingerprint density at radius 2 is 1.83 bits per heavy atom. The lowest BCUT2D eigenvalue weighted by molar-refractivity contribution is 0.0955.